The minimum absolute atomic E-state index is 0.0337. The minimum atomic E-state index is -0.0337. The molecule has 0 saturated carbocycles. The Hall–Kier alpha value is -2.43. The predicted octanol–water partition coefficient (Wildman–Crippen LogP) is 1.61. The monoisotopic (exact) mass is 240 g/mol. The maximum atomic E-state index is 12.5. The van der Waals surface area contributed by atoms with Crippen LogP contribution in [0.25, 0.3) is 5.65 Å². The standard InChI is InChI=1S/C13H12N4O/c1-9-8-11-16(2)14-15-17(11)12(9)13(18)10-6-4-3-5-7-10/h3-8H,1-2H3. The molecular formula is C13H12N4O. The smallest absolute Gasteiger partial charge is 0.211 e. The summed E-state index contributed by atoms with van der Waals surface area (Å²) in [6, 6.07) is 11.1. The zero-order valence-electron chi connectivity index (χ0n) is 10.2. The van der Waals surface area contributed by atoms with Gasteiger partial charge in [0.1, 0.15) is 5.69 Å². The van der Waals surface area contributed by atoms with Gasteiger partial charge in [0.25, 0.3) is 0 Å². The molecule has 0 unspecified atom stereocenters. The number of carbonyl (C=O) groups is 1. The molecule has 0 spiro atoms. The third-order valence-electron chi connectivity index (χ3n) is 2.99. The summed E-state index contributed by atoms with van der Waals surface area (Å²) in [7, 11) is 1.80. The lowest BCUT2D eigenvalue weighted by atomic mass is 10.1. The third kappa shape index (κ3) is 1.44. The van der Waals surface area contributed by atoms with Gasteiger partial charge in [0, 0.05) is 12.6 Å². The normalized spacial score (nSPS) is 11.0. The molecule has 0 atom stereocenters. The third-order valence-corrected chi connectivity index (χ3v) is 2.99. The molecule has 0 aliphatic carbocycles. The molecule has 0 fully saturated rings. The van der Waals surface area contributed by atoms with Crippen molar-refractivity contribution in [3.63, 3.8) is 0 Å². The van der Waals surface area contributed by atoms with E-state index in [1.54, 1.807) is 28.4 Å². The van der Waals surface area contributed by atoms with Crippen molar-refractivity contribution in [2.24, 2.45) is 7.05 Å². The van der Waals surface area contributed by atoms with Crippen molar-refractivity contribution < 1.29 is 4.79 Å². The van der Waals surface area contributed by atoms with E-state index in [4.69, 9.17) is 0 Å². The molecule has 5 nitrogen and oxygen atoms in total. The highest BCUT2D eigenvalue weighted by Gasteiger charge is 2.19. The molecular weight excluding hydrogens is 228 g/mol. The number of tetrazole rings is 1. The van der Waals surface area contributed by atoms with E-state index in [2.05, 4.69) is 10.4 Å². The number of hydrogen-bond acceptors (Lipinski definition) is 3. The zero-order chi connectivity index (χ0) is 12.7. The first-order valence-corrected chi connectivity index (χ1v) is 5.66. The molecule has 2 heterocycles. The van der Waals surface area contributed by atoms with Crippen LogP contribution in [0.4, 0.5) is 0 Å². The van der Waals surface area contributed by atoms with E-state index < -0.39 is 0 Å². The van der Waals surface area contributed by atoms with Crippen molar-refractivity contribution >= 4 is 11.4 Å². The number of ketones is 1. The molecule has 90 valence electrons. The second kappa shape index (κ2) is 3.80. The van der Waals surface area contributed by atoms with Crippen LogP contribution in [0, 0.1) is 6.92 Å². The Labute approximate surface area is 104 Å². The number of nitrogens with zero attached hydrogens (tertiary/aromatic N) is 4. The van der Waals surface area contributed by atoms with Crippen LogP contribution in [-0.2, 0) is 7.05 Å². The molecule has 0 bridgehead atoms. The van der Waals surface area contributed by atoms with E-state index in [1.807, 2.05) is 31.2 Å². The van der Waals surface area contributed by atoms with Crippen molar-refractivity contribution in [3.8, 4) is 0 Å². The summed E-state index contributed by atoms with van der Waals surface area (Å²) in [5, 5.41) is 7.91. The second-order valence-corrected chi connectivity index (χ2v) is 4.24. The van der Waals surface area contributed by atoms with E-state index in [0.29, 0.717) is 11.3 Å². The number of hydrogen-bond donors (Lipinski definition) is 0. The second-order valence-electron chi connectivity index (χ2n) is 4.24. The topological polar surface area (TPSA) is 52.2 Å². The van der Waals surface area contributed by atoms with Gasteiger partial charge < -0.3 is 0 Å². The summed E-state index contributed by atoms with van der Waals surface area (Å²) in [5.41, 5.74) is 2.95. The molecule has 0 radical (unpaired) electrons. The summed E-state index contributed by atoms with van der Waals surface area (Å²) in [6.45, 7) is 1.91. The Morgan fingerprint density at radius 3 is 2.61 bits per heavy atom. The number of carbonyl (C=O) groups excluding carboxylic acids is 1. The molecule has 5 heteroatoms. The number of aryl methyl sites for hydroxylation is 2. The molecule has 0 aliphatic rings. The lowest BCUT2D eigenvalue weighted by Crippen LogP contribution is -2.07. The predicted molar refractivity (Wildman–Crippen MR) is 66.6 cm³/mol. The molecule has 0 saturated heterocycles. The van der Waals surface area contributed by atoms with Crippen molar-refractivity contribution in [1.29, 1.82) is 0 Å². The lowest BCUT2D eigenvalue weighted by Gasteiger charge is -2.00. The fraction of sp³-hybridized carbons (Fsp3) is 0.154. The van der Waals surface area contributed by atoms with E-state index in [9.17, 15) is 4.79 Å². The van der Waals surface area contributed by atoms with Crippen LogP contribution in [0.2, 0.25) is 0 Å². The highest BCUT2D eigenvalue weighted by molar-refractivity contribution is 6.09. The fourth-order valence-corrected chi connectivity index (χ4v) is 2.07. The van der Waals surface area contributed by atoms with E-state index in [-0.39, 0.29) is 5.78 Å². The lowest BCUT2D eigenvalue weighted by molar-refractivity contribution is 0.103. The van der Waals surface area contributed by atoms with Gasteiger partial charge in [-0.3, -0.25) is 4.79 Å². The summed E-state index contributed by atoms with van der Waals surface area (Å²) in [4.78, 5) is 12.5. The van der Waals surface area contributed by atoms with Crippen molar-refractivity contribution in [2.45, 2.75) is 6.92 Å². The van der Waals surface area contributed by atoms with E-state index >= 15 is 0 Å². The molecule has 18 heavy (non-hydrogen) atoms. The first-order valence-electron chi connectivity index (χ1n) is 5.66. The molecule has 0 aliphatic heterocycles. The van der Waals surface area contributed by atoms with Gasteiger partial charge in [-0.05, 0) is 29.0 Å². The van der Waals surface area contributed by atoms with Crippen molar-refractivity contribution in [1.82, 2.24) is 19.6 Å². The van der Waals surface area contributed by atoms with Gasteiger partial charge in [0.15, 0.2) is 5.65 Å². The average Bonchev–Trinajstić information content (AvgIpc) is 2.89. The summed E-state index contributed by atoms with van der Waals surface area (Å²) in [5.74, 6) is -0.0337. The van der Waals surface area contributed by atoms with Gasteiger partial charge in [-0.15, -0.1) is 0 Å². The summed E-state index contributed by atoms with van der Waals surface area (Å²) < 4.78 is 3.24. The van der Waals surface area contributed by atoms with Gasteiger partial charge in [-0.25, -0.2) is 4.68 Å². The molecule has 1 aromatic carbocycles. The van der Waals surface area contributed by atoms with E-state index in [1.165, 1.54) is 0 Å². The first kappa shape index (κ1) is 10.7. The highest BCUT2D eigenvalue weighted by atomic mass is 16.1. The largest absolute Gasteiger partial charge is 0.287 e. The molecule has 0 amide bonds. The SMILES string of the molecule is Cc1cc2n(C)nnn2c1C(=O)c1ccccc1. The molecule has 2 aromatic heterocycles. The summed E-state index contributed by atoms with van der Waals surface area (Å²) >= 11 is 0. The quantitative estimate of drug-likeness (QED) is 0.639. The van der Waals surface area contributed by atoms with E-state index in [0.717, 1.165) is 11.2 Å². The van der Waals surface area contributed by atoms with Gasteiger partial charge in [-0.2, -0.15) is 4.52 Å². The van der Waals surface area contributed by atoms with Crippen LogP contribution in [0.15, 0.2) is 36.4 Å². The highest BCUT2D eigenvalue weighted by Crippen LogP contribution is 2.17. The molecule has 3 rings (SSSR count). The van der Waals surface area contributed by atoms with Crippen LogP contribution in [0.3, 0.4) is 0 Å². The molecule has 0 N–H and O–H groups in total. The Balaban J connectivity index is 2.20. The Morgan fingerprint density at radius 1 is 1.17 bits per heavy atom. The maximum absolute atomic E-state index is 12.5. The Bertz CT molecular complexity index is 724. The van der Waals surface area contributed by atoms with Gasteiger partial charge in [0.2, 0.25) is 5.78 Å². The van der Waals surface area contributed by atoms with Gasteiger partial charge in [0.05, 0.1) is 0 Å². The summed E-state index contributed by atoms with van der Waals surface area (Å²) in [6.07, 6.45) is 0. The minimum Gasteiger partial charge on any atom is -0.287 e. The van der Waals surface area contributed by atoms with Crippen LogP contribution in [-0.4, -0.2) is 25.4 Å². The van der Waals surface area contributed by atoms with Crippen molar-refractivity contribution in [3.05, 3.63) is 53.2 Å². The van der Waals surface area contributed by atoms with Crippen LogP contribution in [0.1, 0.15) is 21.6 Å². The molecule has 3 aromatic rings. The van der Waals surface area contributed by atoms with Crippen LogP contribution < -0.4 is 0 Å². The van der Waals surface area contributed by atoms with Gasteiger partial charge in [-0.1, -0.05) is 30.3 Å². The van der Waals surface area contributed by atoms with Gasteiger partial charge >= 0.3 is 0 Å². The van der Waals surface area contributed by atoms with Crippen LogP contribution >= 0.6 is 0 Å². The number of fused-ring (bicyclic) bond motifs is 1. The number of rotatable bonds is 2. The Morgan fingerprint density at radius 2 is 1.89 bits per heavy atom. The average molecular weight is 240 g/mol. The van der Waals surface area contributed by atoms with Crippen LogP contribution in [0.5, 0.6) is 0 Å². The number of aromatic nitrogens is 4. The maximum Gasteiger partial charge on any atom is 0.211 e. The van der Waals surface area contributed by atoms with Crippen molar-refractivity contribution in [2.75, 3.05) is 0 Å². The number of benzene rings is 1. The Kier molecular flexibility index (Phi) is 2.26. The fourth-order valence-electron chi connectivity index (χ4n) is 2.07. The zero-order valence-corrected chi connectivity index (χ0v) is 10.2. The first-order chi connectivity index (χ1) is 8.68.